The van der Waals surface area contributed by atoms with E-state index >= 15 is 0 Å². The number of thiol groups is 3. The molecule has 0 aliphatic heterocycles. The molecule has 0 spiro atoms. The first-order valence-corrected chi connectivity index (χ1v) is 18.8. The van der Waals surface area contributed by atoms with Crippen molar-refractivity contribution < 1.29 is 77.9 Å². The fourth-order valence-corrected chi connectivity index (χ4v) is 4.73. The maximum Gasteiger partial charge on any atom is 1.00 e. The van der Waals surface area contributed by atoms with Crippen molar-refractivity contribution in [2.75, 3.05) is 83.2 Å². The van der Waals surface area contributed by atoms with Gasteiger partial charge in [-0.25, -0.2) is 0 Å². The van der Waals surface area contributed by atoms with Crippen LogP contribution >= 0.6 is 37.9 Å². The molecule has 15 nitrogen and oxygen atoms in total. The summed E-state index contributed by atoms with van der Waals surface area (Å²) in [5, 5.41) is 28.4. The van der Waals surface area contributed by atoms with Crippen molar-refractivity contribution in [2.45, 2.75) is 82.3 Å². The first kappa shape index (κ1) is 51.3. The van der Waals surface area contributed by atoms with Gasteiger partial charge in [-0.2, -0.15) is 37.9 Å². The number of carboxylic acids is 1. The fourth-order valence-electron chi connectivity index (χ4n) is 4.05. The van der Waals surface area contributed by atoms with E-state index in [1.807, 2.05) is 0 Å². The van der Waals surface area contributed by atoms with Crippen molar-refractivity contribution >= 4 is 67.5 Å². The zero-order valence-corrected chi connectivity index (χ0v) is 34.2. The Morgan fingerprint density at radius 1 is 0.640 bits per heavy atom. The average Bonchev–Trinajstić information content (AvgIpc) is 3.09. The van der Waals surface area contributed by atoms with E-state index in [9.17, 15) is 24.3 Å². The molecule has 0 unspecified atom stereocenters. The summed E-state index contributed by atoms with van der Waals surface area (Å²) in [6.07, 6.45) is 8.24. The van der Waals surface area contributed by atoms with E-state index in [0.29, 0.717) is 65.8 Å². The normalized spacial score (nSPS) is 13.2. The number of carbonyl (C=O) groups excluding carboxylic acids is 3. The van der Waals surface area contributed by atoms with Gasteiger partial charge in [-0.1, -0.05) is 38.5 Å². The number of carbonyl (C=O) groups is 4. The number of nitrogens with zero attached hydrogens (tertiary/aromatic N) is 1. The van der Waals surface area contributed by atoms with Gasteiger partial charge in [-0.05, 0) is 25.2 Å². The Kier molecular flexibility index (Phi) is 37.5. The summed E-state index contributed by atoms with van der Waals surface area (Å²) >= 11 is 12.3. The van der Waals surface area contributed by atoms with Crippen molar-refractivity contribution in [3.8, 4) is 0 Å². The molecule has 0 heterocycles. The molecule has 6 N–H and O–H groups in total. The minimum atomic E-state index is -0.937. The van der Waals surface area contributed by atoms with Crippen LogP contribution in [0.3, 0.4) is 0 Å². The van der Waals surface area contributed by atoms with E-state index in [4.69, 9.17) is 29.8 Å². The van der Waals surface area contributed by atoms with Crippen molar-refractivity contribution in [2.24, 2.45) is 10.7 Å². The second-order valence-corrected chi connectivity index (χ2v) is 12.1. The standard InChI is InChI=1S/C31H59N5O10S3.Na/c32-24(21-47)29(40)35-26(23-49)31(42)36-25(22-48)30(41)34-11-8-6-4-2-1-3-5-7-9-27(37)33-12-14-44-16-18-46-20-19-45-17-15-43-13-10-28(38)39;/h24-26,47-49H,1-23,32H2,(H,33,37)(H,34,41)(H,35,40)(H,36,42)(H,38,39);/q;+1/p-1/t24-,25-,26-;/m0./s1. The number of unbranched alkanes of at least 4 members (excludes halogenated alkanes) is 7. The van der Waals surface area contributed by atoms with E-state index in [2.05, 4.69) is 58.8 Å². The Bertz CT molecular complexity index is 930. The fraction of sp³-hybridized carbons (Fsp3) is 0.839. The number of nitrogens with two attached hydrogens (primary N) is 1. The third-order valence-electron chi connectivity index (χ3n) is 6.88. The van der Waals surface area contributed by atoms with Crippen LogP contribution in [0, 0.1) is 0 Å². The number of ether oxygens (including phenoxy) is 4. The predicted molar refractivity (Wildman–Crippen MR) is 196 cm³/mol. The second-order valence-electron chi connectivity index (χ2n) is 11.0. The number of carboxylic acid groups (broad SMARTS) is 1. The van der Waals surface area contributed by atoms with Crippen molar-refractivity contribution in [3.63, 3.8) is 0 Å². The first-order chi connectivity index (χ1) is 23.7. The van der Waals surface area contributed by atoms with Gasteiger partial charge in [-0.3, -0.25) is 19.2 Å². The minimum Gasteiger partial charge on any atom is -0.862 e. The van der Waals surface area contributed by atoms with E-state index in [1.165, 1.54) is 0 Å². The Morgan fingerprint density at radius 2 is 1.10 bits per heavy atom. The summed E-state index contributed by atoms with van der Waals surface area (Å²) in [7, 11) is 0. The van der Waals surface area contributed by atoms with Crippen LogP contribution in [0.25, 0.3) is 0 Å². The maximum atomic E-state index is 12.5. The Balaban J connectivity index is 0. The number of amides is 3. The number of aliphatic carboxylic acids is 1. The predicted octanol–water partition coefficient (Wildman–Crippen LogP) is -3.00. The van der Waals surface area contributed by atoms with Gasteiger partial charge >= 0.3 is 35.5 Å². The molecule has 286 valence electrons. The van der Waals surface area contributed by atoms with Crippen LogP contribution in [0.4, 0.5) is 0 Å². The SMILES string of the molecule is N[C@@H](CS)C(=O)N[C@@H](CS)C(=O)N[C@@H](CS)C(=O)NCCCCCCCCCCC([O-])=NCCOCCOCCOCCOCCC(=O)O.[Na+]. The molecule has 0 bridgehead atoms. The average molecular weight is 780 g/mol. The Labute approximate surface area is 335 Å². The minimum absolute atomic E-state index is 0. The Hall–Kier alpha value is -0.800. The molecule has 0 aromatic heterocycles. The number of hydrogen-bond acceptors (Lipinski definition) is 14. The van der Waals surface area contributed by atoms with Crippen LogP contribution in [0.1, 0.15) is 64.2 Å². The van der Waals surface area contributed by atoms with Crippen LogP contribution < -0.4 is 56.3 Å². The molecular formula is C31H58N5NaO10S3. The molecule has 3 amide bonds. The van der Waals surface area contributed by atoms with Crippen molar-refractivity contribution in [3.05, 3.63) is 0 Å². The molecule has 0 fully saturated rings. The van der Waals surface area contributed by atoms with Crippen molar-refractivity contribution in [1.29, 1.82) is 0 Å². The topological polar surface area (TPSA) is 223 Å². The quantitative estimate of drug-likeness (QED) is 0.0108. The molecule has 0 saturated heterocycles. The number of nitrogens with one attached hydrogen (secondary N) is 3. The van der Waals surface area contributed by atoms with Gasteiger partial charge in [0.25, 0.3) is 0 Å². The summed E-state index contributed by atoms with van der Waals surface area (Å²) in [5.74, 6) is -2.12. The van der Waals surface area contributed by atoms with Gasteiger partial charge in [0.05, 0.1) is 71.9 Å². The van der Waals surface area contributed by atoms with Gasteiger partial charge in [0, 0.05) is 23.8 Å². The van der Waals surface area contributed by atoms with Crippen LogP contribution in [0.2, 0.25) is 0 Å². The van der Waals surface area contributed by atoms with Crippen LogP contribution in [0.5, 0.6) is 0 Å². The molecule has 19 heteroatoms. The van der Waals surface area contributed by atoms with Crippen LogP contribution in [-0.4, -0.2) is 136 Å². The molecule has 0 radical (unpaired) electrons. The zero-order valence-electron chi connectivity index (χ0n) is 29.5. The van der Waals surface area contributed by atoms with Gasteiger partial charge in [-0.15, -0.1) is 0 Å². The number of rotatable bonds is 34. The van der Waals surface area contributed by atoms with Crippen molar-refractivity contribution in [1.82, 2.24) is 16.0 Å². The third-order valence-corrected chi connectivity index (χ3v) is 8.00. The second kappa shape index (κ2) is 36.6. The van der Waals surface area contributed by atoms with E-state index < -0.39 is 35.9 Å². The number of hydrogen-bond donors (Lipinski definition) is 8. The smallest absolute Gasteiger partial charge is 0.862 e. The molecular weight excluding hydrogens is 722 g/mol. The third kappa shape index (κ3) is 30.8. The van der Waals surface area contributed by atoms with Gasteiger partial charge in [0.2, 0.25) is 17.7 Å². The van der Waals surface area contributed by atoms with Gasteiger partial charge < -0.3 is 55.8 Å². The summed E-state index contributed by atoms with van der Waals surface area (Å²) < 4.78 is 21.2. The molecule has 0 aliphatic rings. The largest absolute Gasteiger partial charge is 1.00 e. The molecule has 0 aliphatic carbocycles. The molecule has 0 saturated carbocycles. The van der Waals surface area contributed by atoms with Gasteiger partial charge in [0.15, 0.2) is 0 Å². The number of aliphatic imine (C=N–C) groups is 1. The van der Waals surface area contributed by atoms with Crippen LogP contribution in [0.15, 0.2) is 4.99 Å². The van der Waals surface area contributed by atoms with Gasteiger partial charge in [0.1, 0.15) is 12.1 Å². The van der Waals surface area contributed by atoms with E-state index in [-0.39, 0.29) is 71.6 Å². The first-order valence-electron chi connectivity index (χ1n) is 16.9. The summed E-state index contributed by atoms with van der Waals surface area (Å²) in [4.78, 5) is 51.4. The summed E-state index contributed by atoms with van der Waals surface area (Å²) in [6, 6.07) is -2.63. The Morgan fingerprint density at radius 3 is 1.62 bits per heavy atom. The van der Waals surface area contributed by atoms with E-state index in [1.54, 1.807) is 0 Å². The zero-order chi connectivity index (χ0) is 36.5. The van der Waals surface area contributed by atoms with Crippen LogP contribution in [-0.2, 0) is 38.1 Å². The molecule has 50 heavy (non-hydrogen) atoms. The van der Waals surface area contributed by atoms with E-state index in [0.717, 1.165) is 51.4 Å². The summed E-state index contributed by atoms with van der Waals surface area (Å²) in [5.41, 5.74) is 5.63. The molecule has 0 aromatic rings. The molecule has 0 rings (SSSR count). The molecule has 0 aromatic carbocycles. The molecule has 3 atom stereocenters. The maximum absolute atomic E-state index is 12.5. The monoisotopic (exact) mass is 779 g/mol. The summed E-state index contributed by atoms with van der Waals surface area (Å²) in [6.45, 7) is 3.71.